The van der Waals surface area contributed by atoms with Crippen LogP contribution in [0.3, 0.4) is 0 Å². The van der Waals surface area contributed by atoms with Crippen molar-refractivity contribution in [1.82, 2.24) is 15.5 Å². The molecule has 2 amide bonds. The van der Waals surface area contributed by atoms with Gasteiger partial charge in [-0.2, -0.15) is 0 Å². The van der Waals surface area contributed by atoms with Gasteiger partial charge in [0.25, 0.3) is 0 Å². The first-order chi connectivity index (χ1) is 10.0. The number of hydrogen-bond acceptors (Lipinski definition) is 5. The van der Waals surface area contributed by atoms with E-state index in [0.717, 1.165) is 23.4 Å². The molecule has 1 heterocycles. The molecule has 0 aliphatic heterocycles. The van der Waals surface area contributed by atoms with Gasteiger partial charge in [0, 0.05) is 6.04 Å². The number of carbonyl (C=O) groups is 1. The first-order valence-corrected chi connectivity index (χ1v) is 7.50. The van der Waals surface area contributed by atoms with E-state index in [9.17, 15) is 9.90 Å². The molecule has 0 radical (unpaired) electrons. The van der Waals surface area contributed by atoms with E-state index in [4.69, 9.17) is 0 Å². The minimum Gasteiger partial charge on any atom is -0.508 e. The van der Waals surface area contributed by atoms with E-state index >= 15 is 0 Å². The van der Waals surface area contributed by atoms with Gasteiger partial charge < -0.3 is 10.4 Å². The van der Waals surface area contributed by atoms with E-state index in [1.54, 1.807) is 12.1 Å². The Bertz CT molecular complexity index is 597. The van der Waals surface area contributed by atoms with Crippen LogP contribution in [0.1, 0.15) is 23.9 Å². The van der Waals surface area contributed by atoms with Gasteiger partial charge in [-0.3, -0.25) is 5.32 Å². The number of carbonyl (C=O) groups excluding carboxylic acids is 1. The fourth-order valence-electron chi connectivity index (χ4n) is 1.82. The van der Waals surface area contributed by atoms with E-state index in [-0.39, 0.29) is 17.8 Å². The second-order valence-corrected chi connectivity index (χ2v) is 6.01. The number of aromatic nitrogens is 2. The maximum absolute atomic E-state index is 11.8. The summed E-state index contributed by atoms with van der Waals surface area (Å²) in [7, 11) is 0. The van der Waals surface area contributed by atoms with Gasteiger partial charge in [0.1, 0.15) is 10.8 Å². The van der Waals surface area contributed by atoms with E-state index < -0.39 is 0 Å². The summed E-state index contributed by atoms with van der Waals surface area (Å²) in [5.41, 5.74) is 1.13. The summed E-state index contributed by atoms with van der Waals surface area (Å²) in [4.78, 5) is 11.8. The number of phenolic OH excluding ortho intramolecular Hbond substituents is 1. The molecule has 1 aromatic heterocycles. The molecule has 0 spiro atoms. The quantitative estimate of drug-likeness (QED) is 0.792. The van der Waals surface area contributed by atoms with Crippen molar-refractivity contribution >= 4 is 22.5 Å². The number of nitrogens with one attached hydrogen (secondary N) is 2. The average Bonchev–Trinajstić information content (AvgIpc) is 2.83. The molecule has 112 valence electrons. The van der Waals surface area contributed by atoms with Crippen molar-refractivity contribution in [3.63, 3.8) is 0 Å². The first kappa shape index (κ1) is 15.2. The Morgan fingerprint density at radius 2 is 2.05 bits per heavy atom. The van der Waals surface area contributed by atoms with Crippen molar-refractivity contribution in [2.45, 2.75) is 32.7 Å². The van der Waals surface area contributed by atoms with Crippen LogP contribution in [0.4, 0.5) is 9.93 Å². The van der Waals surface area contributed by atoms with Crippen LogP contribution in [0.25, 0.3) is 0 Å². The van der Waals surface area contributed by atoms with Crippen LogP contribution in [0, 0.1) is 6.92 Å². The van der Waals surface area contributed by atoms with Crippen LogP contribution < -0.4 is 10.6 Å². The van der Waals surface area contributed by atoms with Crippen LogP contribution in [0.5, 0.6) is 5.75 Å². The highest BCUT2D eigenvalue weighted by molar-refractivity contribution is 7.15. The minimum atomic E-state index is -0.274. The van der Waals surface area contributed by atoms with Gasteiger partial charge in [-0.15, -0.1) is 10.2 Å². The molecule has 21 heavy (non-hydrogen) atoms. The van der Waals surface area contributed by atoms with Crippen molar-refractivity contribution < 1.29 is 9.90 Å². The topological polar surface area (TPSA) is 87.1 Å². The Morgan fingerprint density at radius 1 is 1.33 bits per heavy atom. The lowest BCUT2D eigenvalue weighted by molar-refractivity contribution is 0.248. The van der Waals surface area contributed by atoms with Crippen LogP contribution in [-0.2, 0) is 6.42 Å². The summed E-state index contributed by atoms with van der Waals surface area (Å²) in [5, 5.41) is 23.7. The van der Waals surface area contributed by atoms with Gasteiger partial charge in [-0.25, -0.2) is 4.79 Å². The Balaban J connectivity index is 1.74. The van der Waals surface area contributed by atoms with E-state index in [1.165, 1.54) is 11.3 Å². The molecule has 0 unspecified atom stereocenters. The lowest BCUT2D eigenvalue weighted by atomic mass is 10.1. The summed E-state index contributed by atoms with van der Waals surface area (Å²) in [6, 6.07) is 6.85. The second kappa shape index (κ2) is 7.03. The number of benzene rings is 1. The standard InChI is InChI=1S/C14H18N4O2S/c1-9(3-4-11-5-7-12(19)8-6-11)15-13(20)16-14-18-17-10(2)21-14/h5-9,19H,3-4H2,1-2H3,(H2,15,16,18,20)/t9-/m1/s1. The average molecular weight is 306 g/mol. The monoisotopic (exact) mass is 306 g/mol. The van der Waals surface area contributed by atoms with Gasteiger partial charge in [-0.1, -0.05) is 23.5 Å². The van der Waals surface area contributed by atoms with Gasteiger partial charge >= 0.3 is 6.03 Å². The third-order valence-corrected chi connectivity index (χ3v) is 3.68. The molecule has 2 rings (SSSR count). The van der Waals surface area contributed by atoms with Crippen LogP contribution in [-0.4, -0.2) is 27.4 Å². The maximum Gasteiger partial charge on any atom is 0.321 e. The molecular weight excluding hydrogens is 288 g/mol. The predicted molar refractivity (Wildman–Crippen MR) is 82.7 cm³/mol. The highest BCUT2D eigenvalue weighted by Gasteiger charge is 2.09. The molecule has 0 aliphatic carbocycles. The molecule has 0 bridgehead atoms. The molecule has 7 heteroatoms. The van der Waals surface area contributed by atoms with Crippen LogP contribution in [0.2, 0.25) is 0 Å². The van der Waals surface area contributed by atoms with E-state index in [2.05, 4.69) is 20.8 Å². The summed E-state index contributed by atoms with van der Waals surface area (Å²) >= 11 is 1.34. The normalized spacial score (nSPS) is 11.9. The Kier molecular flexibility index (Phi) is 5.10. The molecule has 0 saturated carbocycles. The van der Waals surface area contributed by atoms with E-state index in [0.29, 0.717) is 5.13 Å². The Hall–Kier alpha value is -2.15. The van der Waals surface area contributed by atoms with E-state index in [1.807, 2.05) is 26.0 Å². The number of nitrogens with zero attached hydrogens (tertiary/aromatic N) is 2. The van der Waals surface area contributed by atoms with Gasteiger partial charge in [0.15, 0.2) is 0 Å². The third kappa shape index (κ3) is 5.03. The second-order valence-electron chi connectivity index (χ2n) is 4.83. The molecule has 0 aliphatic rings. The van der Waals surface area contributed by atoms with Crippen LogP contribution >= 0.6 is 11.3 Å². The fourth-order valence-corrected chi connectivity index (χ4v) is 2.41. The lowest BCUT2D eigenvalue weighted by Crippen LogP contribution is -2.36. The molecule has 0 saturated heterocycles. The van der Waals surface area contributed by atoms with Crippen molar-refractivity contribution in [3.05, 3.63) is 34.8 Å². The summed E-state index contributed by atoms with van der Waals surface area (Å²) < 4.78 is 0. The Labute approximate surface area is 127 Å². The molecule has 1 atom stereocenters. The van der Waals surface area contributed by atoms with Crippen molar-refractivity contribution in [2.24, 2.45) is 0 Å². The highest BCUT2D eigenvalue weighted by atomic mass is 32.1. The lowest BCUT2D eigenvalue weighted by Gasteiger charge is -2.13. The fraction of sp³-hybridized carbons (Fsp3) is 0.357. The number of aryl methyl sites for hydroxylation is 2. The van der Waals surface area contributed by atoms with Crippen molar-refractivity contribution in [2.75, 3.05) is 5.32 Å². The molecule has 0 fully saturated rings. The summed E-state index contributed by atoms with van der Waals surface area (Å²) in [6.07, 6.45) is 1.65. The number of hydrogen-bond donors (Lipinski definition) is 3. The summed E-state index contributed by atoms with van der Waals surface area (Å²) in [5.74, 6) is 0.261. The molecular formula is C14H18N4O2S. The van der Waals surface area contributed by atoms with Crippen molar-refractivity contribution in [3.8, 4) is 5.75 Å². The molecule has 1 aromatic carbocycles. The third-order valence-electron chi connectivity index (χ3n) is 2.93. The number of phenols is 1. The maximum atomic E-state index is 11.8. The zero-order valence-corrected chi connectivity index (χ0v) is 12.8. The SMILES string of the molecule is Cc1nnc(NC(=O)N[C@H](C)CCc2ccc(O)cc2)s1. The smallest absolute Gasteiger partial charge is 0.321 e. The zero-order chi connectivity index (χ0) is 15.2. The highest BCUT2D eigenvalue weighted by Crippen LogP contribution is 2.14. The molecule has 3 N–H and O–H groups in total. The number of urea groups is 1. The van der Waals surface area contributed by atoms with Gasteiger partial charge in [0.05, 0.1) is 0 Å². The van der Waals surface area contributed by atoms with Crippen molar-refractivity contribution in [1.29, 1.82) is 0 Å². The minimum absolute atomic E-state index is 0.0350. The Morgan fingerprint density at radius 3 is 2.67 bits per heavy atom. The van der Waals surface area contributed by atoms with Gasteiger partial charge in [-0.05, 0) is 44.4 Å². The number of aromatic hydroxyl groups is 1. The molecule has 2 aromatic rings. The van der Waals surface area contributed by atoms with Gasteiger partial charge in [0.2, 0.25) is 5.13 Å². The summed E-state index contributed by atoms with van der Waals surface area (Å²) in [6.45, 7) is 3.78. The predicted octanol–water partition coefficient (Wildman–Crippen LogP) is 2.69. The largest absolute Gasteiger partial charge is 0.508 e. The molecule has 6 nitrogen and oxygen atoms in total. The number of anilines is 1. The zero-order valence-electron chi connectivity index (χ0n) is 12.0. The first-order valence-electron chi connectivity index (χ1n) is 6.68. The number of rotatable bonds is 5. The van der Waals surface area contributed by atoms with Crippen LogP contribution in [0.15, 0.2) is 24.3 Å². The number of amides is 2.